The first kappa shape index (κ1) is 22.4. The molecule has 1 unspecified atom stereocenters. The van der Waals surface area contributed by atoms with Crippen LogP contribution in [0.5, 0.6) is 17.2 Å². The highest BCUT2D eigenvalue weighted by Crippen LogP contribution is 2.49. The van der Waals surface area contributed by atoms with Crippen LogP contribution in [0.4, 0.5) is 0 Å². The number of methoxy groups -OCH3 is 1. The second-order valence-corrected chi connectivity index (χ2v) is 10.1. The molecule has 0 saturated carbocycles. The van der Waals surface area contributed by atoms with Crippen molar-refractivity contribution in [3.05, 3.63) is 53.6 Å². The monoisotopic (exact) mass is 461 g/mol. The van der Waals surface area contributed by atoms with Crippen molar-refractivity contribution >= 4 is 16.0 Å². The van der Waals surface area contributed by atoms with E-state index in [0.29, 0.717) is 34.8 Å². The fourth-order valence-electron chi connectivity index (χ4n) is 4.49. The first-order valence-electron chi connectivity index (χ1n) is 10.6. The zero-order valence-corrected chi connectivity index (χ0v) is 18.9. The molecule has 9 heteroatoms. The molecule has 4 rings (SSSR count). The van der Waals surface area contributed by atoms with E-state index in [9.17, 15) is 18.3 Å². The summed E-state index contributed by atoms with van der Waals surface area (Å²) in [6.45, 7) is 2.12. The number of carboxylic acids is 1. The normalized spacial score (nSPS) is 22.8. The van der Waals surface area contributed by atoms with Crippen molar-refractivity contribution in [3.8, 4) is 17.2 Å². The number of hydrogen-bond acceptors (Lipinski definition) is 6. The van der Waals surface area contributed by atoms with Crippen LogP contribution < -0.4 is 14.2 Å². The lowest BCUT2D eigenvalue weighted by Crippen LogP contribution is -2.35. The molecule has 1 fully saturated rings. The van der Waals surface area contributed by atoms with Gasteiger partial charge in [0.05, 0.1) is 24.8 Å². The highest BCUT2D eigenvalue weighted by Gasteiger charge is 2.51. The van der Waals surface area contributed by atoms with Crippen molar-refractivity contribution in [2.75, 3.05) is 26.2 Å². The molecule has 2 aromatic carbocycles. The van der Waals surface area contributed by atoms with Crippen LogP contribution >= 0.6 is 0 Å². The molecule has 2 heterocycles. The Balaban J connectivity index is 1.79. The van der Waals surface area contributed by atoms with Gasteiger partial charge in [-0.25, -0.2) is 8.42 Å². The van der Waals surface area contributed by atoms with Crippen LogP contribution in [0, 0.1) is 5.92 Å². The highest BCUT2D eigenvalue weighted by molar-refractivity contribution is 7.89. The number of rotatable bonds is 8. The molecule has 3 atom stereocenters. The van der Waals surface area contributed by atoms with Crippen LogP contribution in [0.2, 0.25) is 0 Å². The van der Waals surface area contributed by atoms with Crippen molar-refractivity contribution in [1.82, 2.24) is 4.31 Å². The quantitative estimate of drug-likeness (QED) is 0.643. The van der Waals surface area contributed by atoms with Crippen molar-refractivity contribution in [2.45, 2.75) is 31.7 Å². The minimum absolute atomic E-state index is 0.0175. The molecule has 32 heavy (non-hydrogen) atoms. The van der Waals surface area contributed by atoms with E-state index in [4.69, 9.17) is 14.2 Å². The SMILES string of the molecule is CCCCS(=O)(=O)N1CC(c2ccc3c(c2)OCO3)[C@H](C(=O)O)[C@H]1c1ccc(OC)cc1. The topological polar surface area (TPSA) is 102 Å². The summed E-state index contributed by atoms with van der Waals surface area (Å²) in [5, 5.41) is 10.2. The zero-order chi connectivity index (χ0) is 22.9. The molecule has 1 N–H and O–H groups in total. The van der Waals surface area contributed by atoms with Crippen molar-refractivity contribution < 1.29 is 32.5 Å². The van der Waals surface area contributed by atoms with E-state index in [2.05, 4.69) is 0 Å². The van der Waals surface area contributed by atoms with Gasteiger partial charge in [0.25, 0.3) is 0 Å². The summed E-state index contributed by atoms with van der Waals surface area (Å²) in [6, 6.07) is 11.4. The third kappa shape index (κ3) is 4.14. The van der Waals surface area contributed by atoms with Gasteiger partial charge >= 0.3 is 5.97 Å². The molecule has 172 valence electrons. The Morgan fingerprint density at radius 3 is 2.47 bits per heavy atom. The molecular weight excluding hydrogens is 434 g/mol. The highest BCUT2D eigenvalue weighted by atomic mass is 32.2. The third-order valence-electron chi connectivity index (χ3n) is 6.14. The van der Waals surface area contributed by atoms with Crippen LogP contribution in [0.3, 0.4) is 0 Å². The van der Waals surface area contributed by atoms with Gasteiger partial charge in [0.2, 0.25) is 16.8 Å². The predicted octanol–water partition coefficient (Wildman–Crippen LogP) is 3.40. The average molecular weight is 462 g/mol. The van der Waals surface area contributed by atoms with Crippen molar-refractivity contribution in [2.24, 2.45) is 5.92 Å². The molecule has 0 aromatic heterocycles. The summed E-state index contributed by atoms with van der Waals surface area (Å²) < 4.78 is 44.0. The summed E-state index contributed by atoms with van der Waals surface area (Å²) in [6.07, 6.45) is 1.24. The van der Waals surface area contributed by atoms with Crippen LogP contribution in [0.15, 0.2) is 42.5 Å². The average Bonchev–Trinajstić information content (AvgIpc) is 3.42. The molecule has 0 spiro atoms. The fraction of sp³-hybridized carbons (Fsp3) is 0.435. The number of carboxylic acid groups (broad SMARTS) is 1. The number of nitrogens with zero attached hydrogens (tertiary/aromatic N) is 1. The summed E-state index contributed by atoms with van der Waals surface area (Å²) in [5.74, 6) is -0.799. The number of aliphatic carboxylic acids is 1. The van der Waals surface area contributed by atoms with E-state index in [1.165, 1.54) is 4.31 Å². The molecule has 2 aromatic rings. The van der Waals surface area contributed by atoms with Gasteiger partial charge < -0.3 is 19.3 Å². The molecule has 2 aliphatic rings. The van der Waals surface area contributed by atoms with Gasteiger partial charge in [-0.15, -0.1) is 0 Å². The molecule has 1 saturated heterocycles. The molecule has 0 amide bonds. The zero-order valence-electron chi connectivity index (χ0n) is 18.1. The minimum Gasteiger partial charge on any atom is -0.497 e. The van der Waals surface area contributed by atoms with Gasteiger partial charge in [0, 0.05) is 12.5 Å². The van der Waals surface area contributed by atoms with Crippen LogP contribution in [-0.2, 0) is 14.8 Å². The van der Waals surface area contributed by atoms with Gasteiger partial charge in [-0.05, 0) is 41.8 Å². The number of hydrogen-bond donors (Lipinski definition) is 1. The summed E-state index contributed by atoms with van der Waals surface area (Å²) in [4.78, 5) is 12.5. The van der Waals surface area contributed by atoms with E-state index in [1.54, 1.807) is 49.6 Å². The Labute approximate surface area is 187 Å². The molecule has 0 radical (unpaired) electrons. The lowest BCUT2D eigenvalue weighted by atomic mass is 9.83. The Hall–Kier alpha value is -2.78. The first-order valence-corrected chi connectivity index (χ1v) is 12.2. The molecule has 8 nitrogen and oxygen atoms in total. The van der Waals surface area contributed by atoms with E-state index < -0.39 is 33.9 Å². The first-order chi connectivity index (χ1) is 15.4. The third-order valence-corrected chi connectivity index (χ3v) is 8.04. The second-order valence-electron chi connectivity index (χ2n) is 8.04. The number of benzene rings is 2. The van der Waals surface area contributed by atoms with Gasteiger partial charge in [-0.1, -0.05) is 31.5 Å². The minimum atomic E-state index is -3.67. The standard InChI is InChI=1S/C23H27NO7S/c1-3-4-11-32(27,28)24-13-18(16-7-10-19-20(12-16)31-14-30-19)21(23(25)26)22(24)15-5-8-17(29-2)9-6-15/h5-10,12,18,21-22H,3-4,11,13-14H2,1-2H3,(H,25,26)/t18?,21-,22+/m0/s1. The maximum atomic E-state index is 13.3. The fourth-order valence-corrected chi connectivity index (χ4v) is 6.36. The van der Waals surface area contributed by atoms with Crippen molar-refractivity contribution in [3.63, 3.8) is 0 Å². The maximum absolute atomic E-state index is 13.3. The number of ether oxygens (including phenoxy) is 3. The van der Waals surface area contributed by atoms with E-state index in [1.807, 2.05) is 6.92 Å². The van der Waals surface area contributed by atoms with E-state index in [0.717, 1.165) is 6.42 Å². The summed E-state index contributed by atoms with van der Waals surface area (Å²) >= 11 is 0. The largest absolute Gasteiger partial charge is 0.497 e. The second kappa shape index (κ2) is 8.99. The van der Waals surface area contributed by atoms with Crippen LogP contribution in [0.25, 0.3) is 0 Å². The molecule has 2 aliphatic heterocycles. The van der Waals surface area contributed by atoms with E-state index in [-0.39, 0.29) is 19.1 Å². The Morgan fingerprint density at radius 2 is 1.81 bits per heavy atom. The van der Waals surface area contributed by atoms with Gasteiger partial charge in [-0.3, -0.25) is 4.79 Å². The number of fused-ring (bicyclic) bond motifs is 1. The Bertz CT molecular complexity index is 1080. The number of carbonyl (C=O) groups is 1. The number of sulfonamides is 1. The van der Waals surface area contributed by atoms with Gasteiger partial charge in [-0.2, -0.15) is 4.31 Å². The lowest BCUT2D eigenvalue weighted by molar-refractivity contribution is -0.142. The Morgan fingerprint density at radius 1 is 1.12 bits per heavy atom. The van der Waals surface area contributed by atoms with E-state index >= 15 is 0 Å². The summed E-state index contributed by atoms with van der Waals surface area (Å²) in [7, 11) is -2.13. The molecule has 0 bridgehead atoms. The van der Waals surface area contributed by atoms with Gasteiger partial charge in [0.1, 0.15) is 5.75 Å². The van der Waals surface area contributed by atoms with Gasteiger partial charge in [0.15, 0.2) is 11.5 Å². The molecule has 0 aliphatic carbocycles. The maximum Gasteiger partial charge on any atom is 0.309 e. The molecular formula is C23H27NO7S. The summed E-state index contributed by atoms with van der Waals surface area (Å²) in [5.41, 5.74) is 1.34. The predicted molar refractivity (Wildman–Crippen MR) is 118 cm³/mol. The smallest absolute Gasteiger partial charge is 0.309 e. The lowest BCUT2D eigenvalue weighted by Gasteiger charge is -2.27. The van der Waals surface area contributed by atoms with Crippen LogP contribution in [0.1, 0.15) is 42.9 Å². The Kier molecular flexibility index (Phi) is 6.30. The number of unbranched alkanes of at least 4 members (excludes halogenated alkanes) is 1. The van der Waals surface area contributed by atoms with Crippen LogP contribution in [-0.4, -0.2) is 50.0 Å². The van der Waals surface area contributed by atoms with Crippen molar-refractivity contribution in [1.29, 1.82) is 0 Å².